The number of ether oxygens (including phenoxy) is 1. The second-order valence-corrected chi connectivity index (χ2v) is 6.70. The van der Waals surface area contributed by atoms with Crippen LogP contribution in [0.4, 0.5) is 11.4 Å². The van der Waals surface area contributed by atoms with Gasteiger partial charge in [-0.2, -0.15) is 0 Å². The van der Waals surface area contributed by atoms with Gasteiger partial charge in [-0.25, -0.2) is 4.99 Å². The summed E-state index contributed by atoms with van der Waals surface area (Å²) in [5, 5.41) is 2.64. The predicted molar refractivity (Wildman–Crippen MR) is 107 cm³/mol. The maximum atomic E-state index is 12.2. The number of anilines is 1. The van der Waals surface area contributed by atoms with Crippen LogP contribution in [0.2, 0.25) is 0 Å². The molecule has 1 atom stereocenters. The summed E-state index contributed by atoms with van der Waals surface area (Å²) >= 11 is 0. The Labute approximate surface area is 159 Å². The van der Waals surface area contributed by atoms with Crippen LogP contribution in [-0.4, -0.2) is 43.2 Å². The summed E-state index contributed by atoms with van der Waals surface area (Å²) in [6, 6.07) is 6.17. The second kappa shape index (κ2) is 7.88. The molecule has 6 nitrogen and oxygen atoms in total. The largest absolute Gasteiger partial charge is 0.372 e. The lowest BCUT2D eigenvalue weighted by molar-refractivity contribution is -0.123. The highest BCUT2D eigenvalue weighted by Crippen LogP contribution is 2.26. The maximum Gasteiger partial charge on any atom is 0.256 e. The van der Waals surface area contributed by atoms with Gasteiger partial charge in [-0.05, 0) is 69.2 Å². The van der Waals surface area contributed by atoms with Gasteiger partial charge in [0.05, 0.1) is 23.7 Å². The predicted octanol–water partition coefficient (Wildman–Crippen LogP) is 2.84. The molecule has 27 heavy (non-hydrogen) atoms. The molecule has 1 aromatic rings. The third kappa shape index (κ3) is 4.34. The first kappa shape index (κ1) is 19.0. The number of epoxide rings is 1. The van der Waals surface area contributed by atoms with E-state index >= 15 is 0 Å². The van der Waals surface area contributed by atoms with Gasteiger partial charge in [-0.15, -0.1) is 0 Å². The van der Waals surface area contributed by atoms with Crippen molar-refractivity contribution >= 4 is 28.8 Å². The fraction of sp³-hybridized carbons (Fsp3) is 0.381. The molecule has 6 heteroatoms. The lowest BCUT2D eigenvalue weighted by Gasteiger charge is -2.22. The summed E-state index contributed by atoms with van der Waals surface area (Å²) in [7, 11) is 0. The van der Waals surface area contributed by atoms with Crippen LogP contribution in [-0.2, 0) is 14.3 Å². The van der Waals surface area contributed by atoms with Gasteiger partial charge in [-0.3, -0.25) is 9.59 Å². The zero-order valence-corrected chi connectivity index (χ0v) is 16.2. The highest BCUT2D eigenvalue weighted by Gasteiger charge is 2.32. The Morgan fingerprint density at radius 3 is 2.56 bits per heavy atom. The molecule has 2 aliphatic rings. The average Bonchev–Trinajstić information content (AvgIpc) is 3.47. The Bertz CT molecular complexity index is 859. The molecule has 1 aliphatic carbocycles. The van der Waals surface area contributed by atoms with E-state index in [1.54, 1.807) is 6.08 Å². The van der Waals surface area contributed by atoms with Crippen molar-refractivity contribution in [3.05, 3.63) is 47.2 Å². The van der Waals surface area contributed by atoms with E-state index in [1.165, 1.54) is 11.8 Å². The van der Waals surface area contributed by atoms with Crippen molar-refractivity contribution in [1.29, 1.82) is 0 Å². The molecule has 1 aromatic carbocycles. The number of allylic oxidation sites excluding steroid dienone is 3. The third-order valence-corrected chi connectivity index (χ3v) is 4.73. The average molecular weight is 367 g/mol. The molecule has 1 saturated heterocycles. The van der Waals surface area contributed by atoms with Crippen LogP contribution in [0.25, 0.3) is 0 Å². The monoisotopic (exact) mass is 367 g/mol. The molecule has 1 heterocycles. The number of rotatable bonds is 6. The first-order valence-corrected chi connectivity index (χ1v) is 9.24. The molecular formula is C21H25N3O3. The lowest BCUT2D eigenvalue weighted by atomic mass is 10.0. The SMILES string of the molecule is CCN(CC)c1ccc(N=C2C=C(NC(=O)C3CO3)C(=O)C=C2C)c(C)c1. The molecule has 1 aliphatic heterocycles. The van der Waals surface area contributed by atoms with Crippen molar-refractivity contribution in [2.45, 2.75) is 33.8 Å². The topological polar surface area (TPSA) is 74.3 Å². The van der Waals surface area contributed by atoms with Gasteiger partial charge in [0, 0.05) is 18.8 Å². The summed E-state index contributed by atoms with van der Waals surface area (Å²) in [5.41, 5.74) is 4.74. The van der Waals surface area contributed by atoms with Gasteiger partial charge in [0.2, 0.25) is 5.78 Å². The van der Waals surface area contributed by atoms with Crippen molar-refractivity contribution < 1.29 is 14.3 Å². The van der Waals surface area contributed by atoms with Gasteiger partial charge in [0.15, 0.2) is 6.10 Å². The molecule has 0 radical (unpaired) electrons. The fourth-order valence-electron chi connectivity index (χ4n) is 2.98. The Hall–Kier alpha value is -2.73. The maximum absolute atomic E-state index is 12.2. The Kier molecular flexibility index (Phi) is 5.56. The Morgan fingerprint density at radius 2 is 1.96 bits per heavy atom. The first-order valence-electron chi connectivity index (χ1n) is 9.24. The third-order valence-electron chi connectivity index (χ3n) is 4.73. The van der Waals surface area contributed by atoms with Crippen LogP contribution in [0.3, 0.4) is 0 Å². The first-order chi connectivity index (χ1) is 12.9. The van der Waals surface area contributed by atoms with E-state index in [4.69, 9.17) is 9.73 Å². The van der Waals surface area contributed by atoms with Crippen molar-refractivity contribution in [2.75, 3.05) is 24.6 Å². The summed E-state index contributed by atoms with van der Waals surface area (Å²) in [6.07, 6.45) is 2.69. The van der Waals surface area contributed by atoms with E-state index in [0.717, 1.165) is 29.9 Å². The van der Waals surface area contributed by atoms with Crippen molar-refractivity contribution in [3.8, 4) is 0 Å². The minimum absolute atomic E-state index is 0.228. The van der Waals surface area contributed by atoms with E-state index < -0.39 is 6.10 Å². The molecule has 3 rings (SSSR count). The van der Waals surface area contributed by atoms with Gasteiger partial charge >= 0.3 is 0 Å². The van der Waals surface area contributed by atoms with Crippen LogP contribution in [0.5, 0.6) is 0 Å². The highest BCUT2D eigenvalue weighted by molar-refractivity contribution is 6.23. The number of aryl methyl sites for hydroxylation is 1. The normalized spacial score (nSPS) is 20.2. The molecule has 142 valence electrons. The second-order valence-electron chi connectivity index (χ2n) is 6.70. The van der Waals surface area contributed by atoms with Crippen LogP contribution < -0.4 is 10.2 Å². The van der Waals surface area contributed by atoms with Crippen molar-refractivity contribution in [3.63, 3.8) is 0 Å². The Morgan fingerprint density at radius 1 is 1.26 bits per heavy atom. The zero-order chi connectivity index (χ0) is 19.6. The van der Waals surface area contributed by atoms with E-state index in [2.05, 4.69) is 36.2 Å². The number of carbonyl (C=O) groups is 2. The molecule has 1 fully saturated rings. The van der Waals surface area contributed by atoms with Gasteiger partial charge in [0.25, 0.3) is 5.91 Å². The molecule has 0 bridgehead atoms. The summed E-state index contributed by atoms with van der Waals surface area (Å²) in [6.45, 7) is 10.4. The number of aliphatic imine (C=N–C) groups is 1. The van der Waals surface area contributed by atoms with E-state index in [-0.39, 0.29) is 17.4 Å². The number of nitrogens with one attached hydrogen (secondary N) is 1. The van der Waals surface area contributed by atoms with Gasteiger partial charge in [0.1, 0.15) is 0 Å². The van der Waals surface area contributed by atoms with E-state index in [0.29, 0.717) is 12.3 Å². The number of hydrogen-bond donors (Lipinski definition) is 1. The molecule has 0 aromatic heterocycles. The van der Waals surface area contributed by atoms with Crippen LogP contribution >= 0.6 is 0 Å². The van der Waals surface area contributed by atoms with Crippen molar-refractivity contribution in [2.24, 2.45) is 4.99 Å². The minimum atomic E-state index is -0.444. The summed E-state index contributed by atoms with van der Waals surface area (Å²) in [4.78, 5) is 31.1. The molecule has 1 amide bonds. The fourth-order valence-corrected chi connectivity index (χ4v) is 2.98. The van der Waals surface area contributed by atoms with Crippen molar-refractivity contribution in [1.82, 2.24) is 5.32 Å². The number of benzene rings is 1. The lowest BCUT2D eigenvalue weighted by Crippen LogP contribution is -2.32. The van der Waals surface area contributed by atoms with Crippen LogP contribution in [0, 0.1) is 6.92 Å². The number of ketones is 1. The smallest absolute Gasteiger partial charge is 0.256 e. The summed E-state index contributed by atoms with van der Waals surface area (Å²) < 4.78 is 4.96. The number of nitrogens with zero attached hydrogens (tertiary/aromatic N) is 2. The standard InChI is InChI=1S/C21H25N3O3/c1-5-24(6-2)15-7-8-16(13(3)9-15)22-17-11-18(19(25)10-14(17)4)23-21(26)20-12-27-20/h7-11,20H,5-6,12H2,1-4H3,(H,23,26). The number of hydrogen-bond acceptors (Lipinski definition) is 5. The van der Waals surface area contributed by atoms with Crippen LogP contribution in [0.15, 0.2) is 46.6 Å². The molecule has 0 saturated carbocycles. The Balaban J connectivity index is 1.87. The molecule has 1 unspecified atom stereocenters. The number of amides is 1. The van der Waals surface area contributed by atoms with Gasteiger partial charge < -0.3 is 15.0 Å². The van der Waals surface area contributed by atoms with E-state index in [1.807, 2.05) is 19.9 Å². The minimum Gasteiger partial charge on any atom is -0.372 e. The van der Waals surface area contributed by atoms with Gasteiger partial charge in [-0.1, -0.05) is 0 Å². The zero-order valence-electron chi connectivity index (χ0n) is 16.2. The molecular weight excluding hydrogens is 342 g/mol. The summed E-state index contributed by atoms with van der Waals surface area (Å²) in [5.74, 6) is -0.518. The van der Waals surface area contributed by atoms with Crippen LogP contribution in [0.1, 0.15) is 26.3 Å². The molecule has 0 spiro atoms. The highest BCUT2D eigenvalue weighted by atomic mass is 16.6. The number of carbonyl (C=O) groups excluding carboxylic acids is 2. The molecule has 1 N–H and O–H groups in total. The van der Waals surface area contributed by atoms with E-state index in [9.17, 15) is 9.59 Å². The quantitative estimate of drug-likeness (QED) is 0.620.